The van der Waals surface area contributed by atoms with E-state index < -0.39 is 0 Å². The minimum Gasteiger partial charge on any atom is -0.376 e. The summed E-state index contributed by atoms with van der Waals surface area (Å²) in [6.07, 6.45) is 5.12. The van der Waals surface area contributed by atoms with E-state index in [1.54, 1.807) is 11.3 Å². The van der Waals surface area contributed by atoms with Crippen molar-refractivity contribution in [2.45, 2.75) is 44.2 Å². The number of rotatable bonds is 5. The Labute approximate surface area is 117 Å². The number of nitrogens with zero attached hydrogens (tertiary/aromatic N) is 2. The van der Waals surface area contributed by atoms with E-state index in [9.17, 15) is 0 Å². The van der Waals surface area contributed by atoms with Gasteiger partial charge in [-0.1, -0.05) is 0 Å². The molecule has 0 spiro atoms. The van der Waals surface area contributed by atoms with Gasteiger partial charge in [0.25, 0.3) is 0 Å². The highest BCUT2D eigenvalue weighted by atomic mass is 32.1. The average Bonchev–Trinajstić information content (AvgIpc) is 2.95. The first-order valence-corrected chi connectivity index (χ1v) is 7.79. The van der Waals surface area contributed by atoms with Crippen LogP contribution >= 0.6 is 11.3 Å². The summed E-state index contributed by atoms with van der Waals surface area (Å²) in [6, 6.07) is 0. The Morgan fingerprint density at radius 3 is 3.16 bits per heavy atom. The van der Waals surface area contributed by atoms with E-state index in [-0.39, 0.29) is 6.10 Å². The van der Waals surface area contributed by atoms with E-state index in [0.29, 0.717) is 18.4 Å². The lowest BCUT2D eigenvalue weighted by Gasteiger charge is -2.10. The Kier molecular flexibility index (Phi) is 3.98. The van der Waals surface area contributed by atoms with Crippen LogP contribution in [0.5, 0.6) is 0 Å². The van der Waals surface area contributed by atoms with E-state index >= 15 is 0 Å². The molecule has 1 atom stereocenters. The van der Waals surface area contributed by atoms with Crippen LogP contribution in [-0.2, 0) is 11.3 Å². The van der Waals surface area contributed by atoms with Crippen LogP contribution < -0.4 is 11.1 Å². The molecule has 3 rings (SSSR count). The molecule has 0 radical (unpaired) electrons. The second-order valence-electron chi connectivity index (χ2n) is 5.16. The molecular weight excluding hydrogens is 260 g/mol. The number of guanidine groups is 1. The molecule has 1 saturated carbocycles. The minimum atomic E-state index is 0.287. The smallest absolute Gasteiger partial charge is 0.189 e. The Morgan fingerprint density at radius 1 is 1.53 bits per heavy atom. The summed E-state index contributed by atoms with van der Waals surface area (Å²) in [4.78, 5) is 8.91. The molecule has 6 heteroatoms. The monoisotopic (exact) mass is 280 g/mol. The summed E-state index contributed by atoms with van der Waals surface area (Å²) in [5.41, 5.74) is 7.08. The van der Waals surface area contributed by atoms with Gasteiger partial charge in [-0.2, -0.15) is 0 Å². The summed E-state index contributed by atoms with van der Waals surface area (Å²) in [6.45, 7) is 2.19. The van der Waals surface area contributed by atoms with Crippen LogP contribution in [0.1, 0.15) is 42.3 Å². The van der Waals surface area contributed by atoms with Crippen molar-refractivity contribution in [2.24, 2.45) is 10.7 Å². The van der Waals surface area contributed by atoms with Gasteiger partial charge in [0.15, 0.2) is 5.96 Å². The van der Waals surface area contributed by atoms with Gasteiger partial charge in [-0.05, 0) is 25.7 Å². The zero-order valence-electron chi connectivity index (χ0n) is 11.0. The summed E-state index contributed by atoms with van der Waals surface area (Å²) in [7, 11) is 0. The van der Waals surface area contributed by atoms with Crippen molar-refractivity contribution >= 4 is 17.3 Å². The third-order valence-corrected chi connectivity index (χ3v) is 4.34. The van der Waals surface area contributed by atoms with Crippen LogP contribution in [0.3, 0.4) is 0 Å². The molecule has 1 aromatic rings. The molecule has 19 heavy (non-hydrogen) atoms. The molecule has 2 aliphatic rings. The normalized spacial score (nSPS) is 23.8. The summed E-state index contributed by atoms with van der Waals surface area (Å²) >= 11 is 1.68. The van der Waals surface area contributed by atoms with Crippen LogP contribution in [-0.4, -0.2) is 30.2 Å². The van der Waals surface area contributed by atoms with E-state index in [1.165, 1.54) is 18.5 Å². The van der Waals surface area contributed by atoms with Gasteiger partial charge in [-0.15, -0.1) is 11.3 Å². The predicted molar refractivity (Wildman–Crippen MR) is 76.4 cm³/mol. The Hall–Kier alpha value is -1.14. The average molecular weight is 280 g/mol. The van der Waals surface area contributed by atoms with Crippen LogP contribution in [0.2, 0.25) is 0 Å². The number of thiazole rings is 1. The van der Waals surface area contributed by atoms with Crippen molar-refractivity contribution in [2.75, 3.05) is 13.2 Å². The van der Waals surface area contributed by atoms with Gasteiger partial charge in [0.05, 0.1) is 18.3 Å². The van der Waals surface area contributed by atoms with Gasteiger partial charge in [-0.25, -0.2) is 9.98 Å². The Morgan fingerprint density at radius 2 is 2.42 bits per heavy atom. The fourth-order valence-corrected chi connectivity index (χ4v) is 3.00. The van der Waals surface area contributed by atoms with Crippen molar-refractivity contribution < 1.29 is 4.74 Å². The zero-order valence-corrected chi connectivity index (χ0v) is 11.8. The van der Waals surface area contributed by atoms with Gasteiger partial charge in [0.1, 0.15) is 5.01 Å². The molecule has 3 N–H and O–H groups in total. The molecule has 0 bridgehead atoms. The third-order valence-electron chi connectivity index (χ3n) is 3.48. The number of nitrogens with one attached hydrogen (secondary N) is 1. The first kappa shape index (κ1) is 12.9. The quantitative estimate of drug-likeness (QED) is 0.635. The molecule has 1 saturated heterocycles. The molecule has 104 valence electrons. The van der Waals surface area contributed by atoms with Gasteiger partial charge in [0.2, 0.25) is 0 Å². The summed E-state index contributed by atoms with van der Waals surface area (Å²) in [5.74, 6) is 1.20. The van der Waals surface area contributed by atoms with Crippen molar-refractivity contribution in [3.63, 3.8) is 0 Å². The lowest BCUT2D eigenvalue weighted by molar-refractivity contribution is 0.114. The first-order chi connectivity index (χ1) is 9.31. The van der Waals surface area contributed by atoms with Crippen molar-refractivity contribution in [1.82, 2.24) is 10.3 Å². The summed E-state index contributed by atoms with van der Waals surface area (Å²) in [5, 5.41) is 6.31. The number of hydrogen-bond donors (Lipinski definition) is 2. The second-order valence-corrected chi connectivity index (χ2v) is 6.10. The van der Waals surface area contributed by atoms with Crippen LogP contribution in [0.4, 0.5) is 0 Å². The minimum absolute atomic E-state index is 0.287. The molecule has 2 fully saturated rings. The van der Waals surface area contributed by atoms with Gasteiger partial charge >= 0.3 is 0 Å². The maximum absolute atomic E-state index is 5.84. The SMILES string of the molecule is NC(=NCc1nc(C2CC2)cs1)NCC1CCCO1. The molecule has 1 unspecified atom stereocenters. The molecule has 1 aromatic heterocycles. The van der Waals surface area contributed by atoms with Crippen molar-refractivity contribution in [3.05, 3.63) is 16.1 Å². The van der Waals surface area contributed by atoms with Crippen molar-refractivity contribution in [3.8, 4) is 0 Å². The lowest BCUT2D eigenvalue weighted by atomic mass is 10.2. The van der Waals surface area contributed by atoms with Gasteiger partial charge < -0.3 is 15.8 Å². The molecule has 1 aliphatic carbocycles. The Balaban J connectivity index is 1.44. The maximum Gasteiger partial charge on any atom is 0.189 e. The van der Waals surface area contributed by atoms with Gasteiger partial charge in [0, 0.05) is 24.4 Å². The van der Waals surface area contributed by atoms with Gasteiger partial charge in [-0.3, -0.25) is 0 Å². The molecule has 0 aromatic carbocycles. The highest BCUT2D eigenvalue weighted by Crippen LogP contribution is 2.40. The molecule has 5 nitrogen and oxygen atoms in total. The number of aliphatic imine (C=N–C) groups is 1. The molecule has 1 aliphatic heterocycles. The zero-order chi connectivity index (χ0) is 13.1. The molecule has 2 heterocycles. The molecular formula is C13H20N4OS. The van der Waals surface area contributed by atoms with E-state index in [1.807, 2.05) is 0 Å². The largest absolute Gasteiger partial charge is 0.376 e. The third kappa shape index (κ3) is 3.67. The Bertz CT molecular complexity index is 449. The lowest BCUT2D eigenvalue weighted by Crippen LogP contribution is -2.37. The highest BCUT2D eigenvalue weighted by Gasteiger charge is 2.25. The first-order valence-electron chi connectivity index (χ1n) is 6.91. The topological polar surface area (TPSA) is 72.5 Å². The fraction of sp³-hybridized carbons (Fsp3) is 0.692. The standard InChI is InChI=1S/C13H20N4OS/c14-13(15-6-10-2-1-5-18-10)16-7-12-17-11(8-19-12)9-3-4-9/h8-10H,1-7H2,(H3,14,15,16). The summed E-state index contributed by atoms with van der Waals surface area (Å²) < 4.78 is 5.52. The molecule has 0 amide bonds. The number of hydrogen-bond acceptors (Lipinski definition) is 4. The number of ether oxygens (including phenoxy) is 1. The second kappa shape index (κ2) is 5.88. The van der Waals surface area contributed by atoms with E-state index in [2.05, 4.69) is 20.7 Å². The van der Waals surface area contributed by atoms with E-state index in [0.717, 1.165) is 31.0 Å². The van der Waals surface area contributed by atoms with Crippen LogP contribution in [0, 0.1) is 0 Å². The maximum atomic E-state index is 5.84. The van der Waals surface area contributed by atoms with E-state index in [4.69, 9.17) is 10.5 Å². The highest BCUT2D eigenvalue weighted by molar-refractivity contribution is 7.09. The number of nitrogens with two attached hydrogens (primary N) is 1. The fourth-order valence-electron chi connectivity index (χ4n) is 2.20. The van der Waals surface area contributed by atoms with Crippen molar-refractivity contribution in [1.29, 1.82) is 0 Å². The predicted octanol–water partition coefficient (Wildman–Crippen LogP) is 1.60. The van der Waals surface area contributed by atoms with Crippen LogP contribution in [0.15, 0.2) is 10.4 Å². The number of aromatic nitrogens is 1. The van der Waals surface area contributed by atoms with Crippen LogP contribution in [0.25, 0.3) is 0 Å².